The van der Waals surface area contributed by atoms with Crippen LogP contribution in [0.5, 0.6) is 0 Å². The fraction of sp³-hybridized carbons (Fsp3) is 0.269. The van der Waals surface area contributed by atoms with Crippen molar-refractivity contribution in [1.29, 1.82) is 0 Å². The number of benzene rings is 3. The molecule has 7 heteroatoms. The molecule has 33 heavy (non-hydrogen) atoms. The summed E-state index contributed by atoms with van der Waals surface area (Å²) in [6.45, 7) is 1.91. The largest absolute Gasteiger partial charge is 0.393 e. The van der Waals surface area contributed by atoms with Gasteiger partial charge in [-0.2, -0.15) is 0 Å². The molecule has 7 nitrogen and oxygen atoms in total. The van der Waals surface area contributed by atoms with Gasteiger partial charge in [-0.15, -0.1) is 0 Å². The number of rotatable bonds is 1. The fourth-order valence-electron chi connectivity index (χ4n) is 6.73. The number of fused-ring (bicyclic) bond motifs is 13. The highest BCUT2D eigenvalue weighted by Gasteiger charge is 2.60. The molecule has 164 valence electrons. The number of hydrogen-bond donors (Lipinski definition) is 3. The average Bonchev–Trinajstić information content (AvgIpc) is 3.51. The molecule has 0 radical (unpaired) electrons. The highest BCUT2D eigenvalue weighted by Crippen LogP contribution is 2.57. The number of carbonyl (C=O) groups excluding carboxylic acids is 1. The lowest BCUT2D eigenvalue weighted by atomic mass is 9.89. The van der Waals surface area contributed by atoms with Crippen LogP contribution in [-0.2, 0) is 17.0 Å². The fourth-order valence-corrected chi connectivity index (χ4v) is 6.73. The van der Waals surface area contributed by atoms with E-state index in [4.69, 9.17) is 4.74 Å². The first-order valence-electron chi connectivity index (χ1n) is 11.3. The number of nitrogens with one attached hydrogen (secondary N) is 1. The Morgan fingerprint density at radius 3 is 2.52 bits per heavy atom. The topological polar surface area (TPSA) is 88.7 Å². The molecular weight excluding hydrogens is 418 g/mol. The van der Waals surface area contributed by atoms with Gasteiger partial charge in [-0.3, -0.25) is 4.79 Å². The first-order valence-corrected chi connectivity index (χ1v) is 11.3. The van der Waals surface area contributed by atoms with E-state index in [0.29, 0.717) is 6.54 Å². The molecule has 0 aliphatic carbocycles. The van der Waals surface area contributed by atoms with E-state index in [1.54, 1.807) is 0 Å². The van der Waals surface area contributed by atoms with Crippen molar-refractivity contribution in [3.63, 3.8) is 0 Å². The van der Waals surface area contributed by atoms with Crippen LogP contribution in [0.3, 0.4) is 0 Å². The standard InChI is InChI=1S/C26H21N3O4/c1-25-26(32,12-30)10-18(33-25)28-16-8-4-2-6-13(16)20-21-15(11-27-24(21)31)19-14-7-3-5-9-17(14)29(25)23(19)22(20)28/h2-9,18,30,32H,10-12H2,1H3,(H,27,31)/t18?,25-,26-/m0/s1. The number of aliphatic hydroxyl groups excluding tert-OH is 1. The second-order valence-electron chi connectivity index (χ2n) is 9.67. The Balaban J connectivity index is 1.78. The number of aliphatic hydroxyl groups is 2. The van der Waals surface area contributed by atoms with Crippen LogP contribution < -0.4 is 5.32 Å². The lowest BCUT2D eigenvalue weighted by Gasteiger charge is -2.38. The Labute approximate surface area is 187 Å². The Morgan fingerprint density at radius 2 is 1.76 bits per heavy atom. The third kappa shape index (κ3) is 1.75. The molecule has 3 aliphatic heterocycles. The number of para-hydroxylation sites is 2. The summed E-state index contributed by atoms with van der Waals surface area (Å²) < 4.78 is 10.9. The number of amides is 1. The zero-order valence-corrected chi connectivity index (χ0v) is 17.9. The average molecular weight is 439 g/mol. The molecule has 3 atom stereocenters. The predicted octanol–water partition coefficient (Wildman–Crippen LogP) is 3.47. The van der Waals surface area contributed by atoms with Crippen molar-refractivity contribution in [3.05, 3.63) is 59.7 Å². The highest BCUT2D eigenvalue weighted by atomic mass is 16.6. The predicted molar refractivity (Wildman–Crippen MR) is 124 cm³/mol. The van der Waals surface area contributed by atoms with E-state index in [1.165, 1.54) is 0 Å². The van der Waals surface area contributed by atoms with Crippen molar-refractivity contribution < 1.29 is 19.7 Å². The third-order valence-corrected chi connectivity index (χ3v) is 8.23. The summed E-state index contributed by atoms with van der Waals surface area (Å²) in [4.78, 5) is 13.2. The molecule has 1 unspecified atom stereocenters. The molecule has 2 bridgehead atoms. The molecule has 1 saturated heterocycles. The summed E-state index contributed by atoms with van der Waals surface area (Å²) in [5.74, 6) is -0.0555. The molecule has 1 fully saturated rings. The minimum atomic E-state index is -1.48. The normalized spacial score (nSPS) is 27.8. The van der Waals surface area contributed by atoms with Crippen LogP contribution in [0.15, 0.2) is 48.5 Å². The summed E-state index contributed by atoms with van der Waals surface area (Å²) in [6.07, 6.45) is -0.247. The first-order chi connectivity index (χ1) is 16.0. The van der Waals surface area contributed by atoms with E-state index in [1.807, 2.05) is 49.4 Å². The molecule has 8 rings (SSSR count). The lowest BCUT2D eigenvalue weighted by Crippen LogP contribution is -2.53. The minimum Gasteiger partial charge on any atom is -0.393 e. The van der Waals surface area contributed by atoms with Crippen LogP contribution >= 0.6 is 0 Å². The Kier molecular flexibility index (Phi) is 2.95. The number of carbonyl (C=O) groups is 1. The van der Waals surface area contributed by atoms with Crippen LogP contribution in [0.1, 0.15) is 35.5 Å². The monoisotopic (exact) mass is 439 g/mol. The van der Waals surface area contributed by atoms with Crippen molar-refractivity contribution in [2.45, 2.75) is 37.4 Å². The SMILES string of the molecule is C[C@]12OC(C[C@]1(O)CO)n1c3ccccc3c3c4c(c5c6ccccc6n2c5c31)CNC4=O. The van der Waals surface area contributed by atoms with Gasteiger partial charge >= 0.3 is 0 Å². The van der Waals surface area contributed by atoms with Crippen molar-refractivity contribution in [2.24, 2.45) is 0 Å². The van der Waals surface area contributed by atoms with Gasteiger partial charge < -0.3 is 29.4 Å². The quantitative estimate of drug-likeness (QED) is 0.373. The van der Waals surface area contributed by atoms with Gasteiger partial charge in [0.1, 0.15) is 11.8 Å². The zero-order chi connectivity index (χ0) is 22.3. The van der Waals surface area contributed by atoms with Crippen LogP contribution in [0, 0.1) is 0 Å². The van der Waals surface area contributed by atoms with E-state index in [9.17, 15) is 15.0 Å². The van der Waals surface area contributed by atoms with Gasteiger partial charge in [0, 0.05) is 34.5 Å². The molecule has 0 spiro atoms. The third-order valence-electron chi connectivity index (χ3n) is 8.23. The summed E-state index contributed by atoms with van der Waals surface area (Å²) >= 11 is 0. The van der Waals surface area contributed by atoms with Gasteiger partial charge in [0.25, 0.3) is 5.91 Å². The smallest absolute Gasteiger partial charge is 0.252 e. The molecule has 0 saturated carbocycles. The van der Waals surface area contributed by atoms with Gasteiger partial charge in [-0.25, -0.2) is 0 Å². The van der Waals surface area contributed by atoms with E-state index >= 15 is 0 Å². The van der Waals surface area contributed by atoms with Crippen molar-refractivity contribution in [1.82, 2.24) is 14.5 Å². The molecule has 5 aromatic rings. The summed E-state index contributed by atoms with van der Waals surface area (Å²) in [5.41, 5.74) is 2.80. The molecule has 3 aliphatic rings. The maximum atomic E-state index is 13.2. The van der Waals surface area contributed by atoms with Crippen molar-refractivity contribution >= 4 is 49.5 Å². The molecule has 3 aromatic carbocycles. The van der Waals surface area contributed by atoms with E-state index in [-0.39, 0.29) is 12.3 Å². The summed E-state index contributed by atoms with van der Waals surface area (Å²) in [6, 6.07) is 16.1. The maximum Gasteiger partial charge on any atom is 0.252 e. The number of hydrogen-bond acceptors (Lipinski definition) is 4. The van der Waals surface area contributed by atoms with Crippen LogP contribution in [0.2, 0.25) is 0 Å². The molecule has 2 aromatic heterocycles. The Morgan fingerprint density at radius 1 is 1.06 bits per heavy atom. The zero-order valence-electron chi connectivity index (χ0n) is 17.9. The molecular formula is C26H21N3O4. The van der Waals surface area contributed by atoms with Crippen molar-refractivity contribution in [2.75, 3.05) is 6.61 Å². The summed E-state index contributed by atoms with van der Waals surface area (Å²) in [7, 11) is 0. The second kappa shape index (κ2) is 5.39. The Bertz CT molecular complexity index is 1730. The lowest BCUT2D eigenvalue weighted by molar-refractivity contribution is -0.189. The molecule has 5 heterocycles. The minimum absolute atomic E-state index is 0.0555. The number of aromatic nitrogens is 2. The molecule has 1 amide bonds. The molecule has 3 N–H and O–H groups in total. The van der Waals surface area contributed by atoms with Crippen LogP contribution in [-0.4, -0.2) is 37.5 Å². The second-order valence-corrected chi connectivity index (χ2v) is 9.67. The van der Waals surface area contributed by atoms with Gasteiger partial charge in [-0.05, 0) is 24.6 Å². The summed E-state index contributed by atoms with van der Waals surface area (Å²) in [5, 5.41) is 29.1. The van der Waals surface area contributed by atoms with Gasteiger partial charge in [-0.1, -0.05) is 36.4 Å². The van der Waals surface area contributed by atoms with Crippen LogP contribution in [0.4, 0.5) is 0 Å². The van der Waals surface area contributed by atoms with Gasteiger partial charge in [0.05, 0.1) is 34.2 Å². The van der Waals surface area contributed by atoms with Gasteiger partial charge in [0.15, 0.2) is 5.72 Å². The number of nitrogens with zero attached hydrogens (tertiary/aromatic N) is 2. The number of ether oxygens (including phenoxy) is 1. The first kappa shape index (κ1) is 18.1. The van der Waals surface area contributed by atoms with E-state index < -0.39 is 24.2 Å². The van der Waals surface area contributed by atoms with E-state index in [0.717, 1.165) is 54.7 Å². The maximum absolute atomic E-state index is 13.2. The Hall–Kier alpha value is -3.39. The highest BCUT2D eigenvalue weighted by molar-refractivity contribution is 6.31. The van der Waals surface area contributed by atoms with Gasteiger partial charge in [0.2, 0.25) is 0 Å². The van der Waals surface area contributed by atoms with Crippen LogP contribution in [0.25, 0.3) is 43.6 Å². The van der Waals surface area contributed by atoms with Crippen molar-refractivity contribution in [3.8, 4) is 0 Å². The van der Waals surface area contributed by atoms with E-state index in [2.05, 4.69) is 20.5 Å².